The van der Waals surface area contributed by atoms with Gasteiger partial charge in [0.2, 0.25) is 0 Å². The fourth-order valence-corrected chi connectivity index (χ4v) is 3.97. The van der Waals surface area contributed by atoms with Crippen molar-refractivity contribution in [3.05, 3.63) is 48.5 Å². The van der Waals surface area contributed by atoms with Crippen molar-refractivity contribution in [2.45, 2.75) is 50.4 Å². The predicted octanol–water partition coefficient (Wildman–Crippen LogP) is 2.33. The summed E-state index contributed by atoms with van der Waals surface area (Å²) in [4.78, 5) is 6.77. The second kappa shape index (κ2) is 5.28. The molecule has 2 bridgehead atoms. The third-order valence-electron chi connectivity index (χ3n) is 5.02. The molecule has 2 N–H and O–H groups in total. The van der Waals surface area contributed by atoms with Crippen LogP contribution in [-0.4, -0.2) is 32.6 Å². The van der Waals surface area contributed by atoms with E-state index in [4.69, 9.17) is 5.73 Å². The van der Waals surface area contributed by atoms with Crippen LogP contribution in [0.5, 0.6) is 0 Å². The molecule has 2 aliphatic rings. The van der Waals surface area contributed by atoms with Crippen molar-refractivity contribution >= 4 is 0 Å². The highest BCUT2D eigenvalue weighted by Crippen LogP contribution is 2.36. The quantitative estimate of drug-likeness (QED) is 0.940. The van der Waals surface area contributed by atoms with E-state index in [1.165, 1.54) is 36.9 Å². The Labute approximate surface area is 125 Å². The van der Waals surface area contributed by atoms with Crippen LogP contribution < -0.4 is 5.73 Å². The Kier molecular flexibility index (Phi) is 3.28. The van der Waals surface area contributed by atoms with Crippen molar-refractivity contribution in [3.8, 4) is 5.69 Å². The molecule has 1 aromatic carbocycles. The van der Waals surface area contributed by atoms with Gasteiger partial charge in [-0.3, -0.25) is 4.90 Å². The summed E-state index contributed by atoms with van der Waals surface area (Å²) in [7, 11) is 0. The summed E-state index contributed by atoms with van der Waals surface area (Å²) in [6.45, 7) is 1.06. The van der Waals surface area contributed by atoms with Gasteiger partial charge in [-0.25, -0.2) is 4.98 Å². The summed E-state index contributed by atoms with van der Waals surface area (Å²) in [5, 5.41) is 0. The fraction of sp³-hybridized carbons (Fsp3) is 0.471. The van der Waals surface area contributed by atoms with E-state index in [9.17, 15) is 0 Å². The second-order valence-corrected chi connectivity index (χ2v) is 6.43. The maximum Gasteiger partial charge on any atom is 0.0991 e. The standard InChI is InChI=1S/C17H22N4/c18-14-9-16-5-6-17(10-14)21(16)11-13-1-3-15(4-2-13)20-8-7-19-12-20/h1-4,7-8,12,14,16-17H,5-6,9-11,18H2. The molecule has 4 heteroatoms. The van der Waals surface area contributed by atoms with Gasteiger partial charge in [0.1, 0.15) is 0 Å². The zero-order valence-electron chi connectivity index (χ0n) is 12.2. The Morgan fingerprint density at radius 2 is 1.81 bits per heavy atom. The van der Waals surface area contributed by atoms with Crippen LogP contribution in [0.25, 0.3) is 5.69 Å². The lowest BCUT2D eigenvalue weighted by molar-refractivity contribution is 0.120. The van der Waals surface area contributed by atoms with E-state index in [0.717, 1.165) is 6.54 Å². The van der Waals surface area contributed by atoms with E-state index in [1.807, 2.05) is 23.3 Å². The number of aromatic nitrogens is 2. The topological polar surface area (TPSA) is 47.1 Å². The van der Waals surface area contributed by atoms with Crippen molar-refractivity contribution in [3.63, 3.8) is 0 Å². The van der Waals surface area contributed by atoms with E-state index in [-0.39, 0.29) is 0 Å². The molecule has 2 atom stereocenters. The van der Waals surface area contributed by atoms with Crippen LogP contribution in [0.15, 0.2) is 43.0 Å². The number of hydrogen-bond donors (Lipinski definition) is 1. The molecule has 2 unspecified atom stereocenters. The zero-order valence-corrected chi connectivity index (χ0v) is 12.2. The summed E-state index contributed by atoms with van der Waals surface area (Å²) < 4.78 is 2.04. The molecular weight excluding hydrogens is 260 g/mol. The molecule has 0 spiro atoms. The molecule has 21 heavy (non-hydrogen) atoms. The first-order valence-electron chi connectivity index (χ1n) is 7.88. The van der Waals surface area contributed by atoms with Gasteiger partial charge >= 0.3 is 0 Å². The van der Waals surface area contributed by atoms with E-state index in [1.54, 1.807) is 0 Å². The van der Waals surface area contributed by atoms with Gasteiger partial charge in [0.25, 0.3) is 0 Å². The minimum absolute atomic E-state index is 0.419. The van der Waals surface area contributed by atoms with Crippen LogP contribution in [0.2, 0.25) is 0 Å². The number of piperidine rings is 1. The Morgan fingerprint density at radius 3 is 2.43 bits per heavy atom. The van der Waals surface area contributed by atoms with Crippen LogP contribution in [0.1, 0.15) is 31.2 Å². The van der Waals surface area contributed by atoms with Crippen molar-refractivity contribution in [1.82, 2.24) is 14.5 Å². The van der Waals surface area contributed by atoms with Crippen molar-refractivity contribution in [2.75, 3.05) is 0 Å². The molecule has 2 saturated heterocycles. The molecule has 0 radical (unpaired) electrons. The highest BCUT2D eigenvalue weighted by Gasteiger charge is 2.39. The molecule has 0 saturated carbocycles. The lowest BCUT2D eigenvalue weighted by Crippen LogP contribution is -2.46. The summed E-state index contributed by atoms with van der Waals surface area (Å²) >= 11 is 0. The Bertz CT molecular complexity index is 576. The summed E-state index contributed by atoms with van der Waals surface area (Å²) in [5.74, 6) is 0. The fourth-order valence-electron chi connectivity index (χ4n) is 3.97. The number of hydrogen-bond acceptors (Lipinski definition) is 3. The van der Waals surface area contributed by atoms with Gasteiger partial charge in [-0.15, -0.1) is 0 Å². The van der Waals surface area contributed by atoms with Gasteiger partial charge in [0.05, 0.1) is 6.33 Å². The number of benzene rings is 1. The van der Waals surface area contributed by atoms with E-state index in [2.05, 4.69) is 34.1 Å². The predicted molar refractivity (Wildman–Crippen MR) is 83.1 cm³/mol. The molecule has 3 heterocycles. The van der Waals surface area contributed by atoms with Crippen LogP contribution in [0, 0.1) is 0 Å². The molecule has 2 aromatic rings. The largest absolute Gasteiger partial charge is 0.328 e. The van der Waals surface area contributed by atoms with E-state index in [0.29, 0.717) is 18.1 Å². The smallest absolute Gasteiger partial charge is 0.0991 e. The van der Waals surface area contributed by atoms with Gasteiger partial charge in [-0.2, -0.15) is 0 Å². The highest BCUT2D eigenvalue weighted by molar-refractivity contribution is 5.34. The summed E-state index contributed by atoms with van der Waals surface area (Å²) in [6.07, 6.45) is 10.6. The molecule has 1 aromatic heterocycles. The molecule has 0 aliphatic carbocycles. The normalized spacial score (nSPS) is 28.9. The maximum absolute atomic E-state index is 6.15. The van der Waals surface area contributed by atoms with Crippen LogP contribution in [0.3, 0.4) is 0 Å². The third-order valence-corrected chi connectivity index (χ3v) is 5.02. The minimum atomic E-state index is 0.419. The molecule has 4 nitrogen and oxygen atoms in total. The number of nitrogens with two attached hydrogens (primary N) is 1. The molecule has 2 fully saturated rings. The number of fused-ring (bicyclic) bond motifs is 2. The Morgan fingerprint density at radius 1 is 1.10 bits per heavy atom. The van der Waals surface area contributed by atoms with Gasteiger partial charge in [0.15, 0.2) is 0 Å². The van der Waals surface area contributed by atoms with Gasteiger partial charge in [-0.05, 0) is 43.4 Å². The highest BCUT2D eigenvalue weighted by atomic mass is 15.2. The van der Waals surface area contributed by atoms with Crippen LogP contribution in [0.4, 0.5) is 0 Å². The SMILES string of the molecule is NC1CC2CCC(C1)N2Cc1ccc(-n2ccnc2)cc1. The molecule has 110 valence electrons. The van der Waals surface area contributed by atoms with E-state index >= 15 is 0 Å². The van der Waals surface area contributed by atoms with Gasteiger partial charge < -0.3 is 10.3 Å². The molecule has 2 aliphatic heterocycles. The first kappa shape index (κ1) is 13.0. The number of imidazole rings is 1. The summed E-state index contributed by atoms with van der Waals surface area (Å²) in [6, 6.07) is 10.7. The monoisotopic (exact) mass is 282 g/mol. The van der Waals surface area contributed by atoms with Gasteiger partial charge in [-0.1, -0.05) is 12.1 Å². The van der Waals surface area contributed by atoms with Crippen molar-refractivity contribution in [1.29, 1.82) is 0 Å². The average Bonchev–Trinajstić information content (AvgIpc) is 3.09. The Balaban J connectivity index is 1.48. The average molecular weight is 282 g/mol. The first-order chi connectivity index (χ1) is 10.3. The first-order valence-corrected chi connectivity index (χ1v) is 7.88. The third kappa shape index (κ3) is 2.49. The van der Waals surface area contributed by atoms with E-state index < -0.39 is 0 Å². The lowest BCUT2D eigenvalue weighted by Gasteiger charge is -2.37. The van der Waals surface area contributed by atoms with Crippen molar-refractivity contribution in [2.24, 2.45) is 5.73 Å². The van der Waals surface area contributed by atoms with Crippen molar-refractivity contribution < 1.29 is 0 Å². The van der Waals surface area contributed by atoms with Gasteiger partial charge in [0, 0.05) is 42.8 Å². The van der Waals surface area contributed by atoms with Crippen LogP contribution in [-0.2, 0) is 6.54 Å². The maximum atomic E-state index is 6.15. The lowest BCUT2D eigenvalue weighted by atomic mass is 9.97. The number of nitrogens with zero attached hydrogens (tertiary/aromatic N) is 3. The molecule has 4 rings (SSSR count). The number of rotatable bonds is 3. The zero-order chi connectivity index (χ0) is 14.2. The molecular formula is C17H22N4. The summed E-state index contributed by atoms with van der Waals surface area (Å²) in [5.41, 5.74) is 8.71. The minimum Gasteiger partial charge on any atom is -0.328 e. The Hall–Kier alpha value is -1.65. The molecule has 0 amide bonds. The second-order valence-electron chi connectivity index (χ2n) is 6.43. The van der Waals surface area contributed by atoms with Crippen LogP contribution >= 0.6 is 0 Å².